The molecule has 2 atom stereocenters. The number of aliphatic hydroxyl groups excluding tert-OH is 1. The topological polar surface area (TPSA) is 75.8 Å². The number of likely N-dealkylation sites (tertiary alicyclic amines) is 1. The highest BCUT2D eigenvalue weighted by Crippen LogP contribution is 2.10. The lowest BCUT2D eigenvalue weighted by Gasteiger charge is -2.33. The summed E-state index contributed by atoms with van der Waals surface area (Å²) in [6, 6.07) is -0.217. The van der Waals surface area contributed by atoms with Crippen LogP contribution in [0, 0.1) is 0 Å². The Bertz CT molecular complexity index is 186. The van der Waals surface area contributed by atoms with E-state index in [1.54, 1.807) is 6.92 Å². The van der Waals surface area contributed by atoms with Gasteiger partial charge in [0.2, 0.25) is 0 Å². The highest BCUT2D eigenvalue weighted by Gasteiger charge is 2.28. The maximum atomic E-state index is 11.2. The van der Waals surface area contributed by atoms with E-state index >= 15 is 0 Å². The van der Waals surface area contributed by atoms with Crippen molar-refractivity contribution in [2.45, 2.75) is 25.5 Å². The van der Waals surface area contributed by atoms with Crippen molar-refractivity contribution in [3.8, 4) is 0 Å². The molecular weight excluding hydrogens is 172 g/mol. The van der Waals surface area contributed by atoms with E-state index in [-0.39, 0.29) is 18.7 Å². The second-order valence-electron chi connectivity index (χ2n) is 3.16. The molecule has 0 radical (unpaired) electrons. The van der Waals surface area contributed by atoms with Crippen LogP contribution in [0.2, 0.25) is 0 Å². The number of rotatable bonds is 1. The molecule has 0 saturated carbocycles. The standard InChI is InChI=1S/C8H16N2O3/c1-2-13-8(12)10-4-3-6(9)7(11)5-10/h6-7,11H,2-5,9H2,1H3/t6-,7-/m0/s1. The molecule has 76 valence electrons. The summed E-state index contributed by atoms with van der Waals surface area (Å²) in [4.78, 5) is 12.7. The van der Waals surface area contributed by atoms with Gasteiger partial charge in [0.15, 0.2) is 0 Å². The van der Waals surface area contributed by atoms with Crippen molar-refractivity contribution in [3.63, 3.8) is 0 Å². The Labute approximate surface area is 77.5 Å². The van der Waals surface area contributed by atoms with Crippen molar-refractivity contribution in [1.29, 1.82) is 0 Å². The van der Waals surface area contributed by atoms with Crippen LogP contribution in [0.15, 0.2) is 0 Å². The summed E-state index contributed by atoms with van der Waals surface area (Å²) in [7, 11) is 0. The first-order valence-corrected chi connectivity index (χ1v) is 4.50. The number of nitrogens with two attached hydrogens (primary N) is 1. The van der Waals surface area contributed by atoms with Crippen LogP contribution in [0.4, 0.5) is 4.79 Å². The largest absolute Gasteiger partial charge is 0.450 e. The first-order valence-electron chi connectivity index (χ1n) is 4.50. The Balaban J connectivity index is 2.40. The Morgan fingerprint density at radius 2 is 2.46 bits per heavy atom. The normalized spacial score (nSPS) is 28.7. The Morgan fingerprint density at radius 1 is 1.77 bits per heavy atom. The van der Waals surface area contributed by atoms with Gasteiger partial charge >= 0.3 is 6.09 Å². The van der Waals surface area contributed by atoms with Gasteiger partial charge in [-0.1, -0.05) is 0 Å². The molecule has 13 heavy (non-hydrogen) atoms. The summed E-state index contributed by atoms with van der Waals surface area (Å²) in [6.45, 7) is 2.96. The number of aliphatic hydroxyl groups is 1. The maximum Gasteiger partial charge on any atom is 0.409 e. The highest BCUT2D eigenvalue weighted by atomic mass is 16.6. The lowest BCUT2D eigenvalue weighted by atomic mass is 10.0. The van der Waals surface area contributed by atoms with Crippen molar-refractivity contribution in [2.75, 3.05) is 19.7 Å². The van der Waals surface area contributed by atoms with E-state index in [9.17, 15) is 9.90 Å². The Hall–Kier alpha value is -0.810. The van der Waals surface area contributed by atoms with Crippen LogP contribution >= 0.6 is 0 Å². The average molecular weight is 188 g/mol. The summed E-state index contributed by atoms with van der Waals surface area (Å²) in [6.07, 6.45) is -0.369. The number of β-amino-alcohol motifs (C(OH)–C–C–N with tert-alkyl or cyclic N) is 1. The van der Waals surface area contributed by atoms with Gasteiger partial charge in [0.25, 0.3) is 0 Å². The number of carbonyl (C=O) groups excluding carboxylic acids is 1. The number of carbonyl (C=O) groups is 1. The van der Waals surface area contributed by atoms with Crippen LogP contribution < -0.4 is 5.73 Å². The van der Waals surface area contributed by atoms with Gasteiger partial charge in [-0.05, 0) is 13.3 Å². The molecule has 3 N–H and O–H groups in total. The van der Waals surface area contributed by atoms with Crippen molar-refractivity contribution in [1.82, 2.24) is 4.90 Å². The molecule has 0 spiro atoms. The predicted octanol–water partition coefficient (Wildman–Crippen LogP) is -0.463. The van der Waals surface area contributed by atoms with Gasteiger partial charge in [-0.25, -0.2) is 4.79 Å². The quantitative estimate of drug-likeness (QED) is 0.583. The minimum atomic E-state index is -0.627. The number of nitrogens with zero attached hydrogens (tertiary/aromatic N) is 1. The highest BCUT2D eigenvalue weighted by molar-refractivity contribution is 5.67. The smallest absolute Gasteiger partial charge is 0.409 e. The molecule has 5 nitrogen and oxygen atoms in total. The van der Waals surface area contributed by atoms with E-state index in [0.29, 0.717) is 19.6 Å². The summed E-state index contributed by atoms with van der Waals surface area (Å²) >= 11 is 0. The number of amides is 1. The zero-order valence-corrected chi connectivity index (χ0v) is 7.77. The van der Waals surface area contributed by atoms with Gasteiger partial charge in [0.05, 0.1) is 19.3 Å². The number of hydrogen-bond acceptors (Lipinski definition) is 4. The number of hydrogen-bond donors (Lipinski definition) is 2. The monoisotopic (exact) mass is 188 g/mol. The lowest BCUT2D eigenvalue weighted by molar-refractivity contribution is 0.0402. The molecule has 1 aliphatic heterocycles. The first-order chi connectivity index (χ1) is 6.15. The molecule has 0 aromatic carbocycles. The number of piperidine rings is 1. The van der Waals surface area contributed by atoms with Gasteiger partial charge in [0.1, 0.15) is 0 Å². The predicted molar refractivity (Wildman–Crippen MR) is 47.2 cm³/mol. The van der Waals surface area contributed by atoms with Crippen LogP contribution in [0.5, 0.6) is 0 Å². The molecule has 1 heterocycles. The molecule has 5 heteroatoms. The molecule has 1 saturated heterocycles. The van der Waals surface area contributed by atoms with Crippen LogP contribution in [-0.2, 0) is 4.74 Å². The van der Waals surface area contributed by atoms with E-state index in [0.717, 1.165) is 0 Å². The SMILES string of the molecule is CCOC(=O)N1CC[C@H](N)[C@@H](O)C1. The molecule has 1 amide bonds. The fourth-order valence-electron chi connectivity index (χ4n) is 1.33. The van der Waals surface area contributed by atoms with Gasteiger partial charge < -0.3 is 20.5 Å². The van der Waals surface area contributed by atoms with Crippen LogP contribution in [0.3, 0.4) is 0 Å². The second kappa shape index (κ2) is 4.43. The van der Waals surface area contributed by atoms with E-state index in [1.165, 1.54) is 4.90 Å². The Morgan fingerprint density at radius 3 is 3.00 bits per heavy atom. The van der Waals surface area contributed by atoms with Crippen molar-refractivity contribution in [3.05, 3.63) is 0 Å². The first kappa shape index (κ1) is 10.3. The average Bonchev–Trinajstić information content (AvgIpc) is 2.10. The van der Waals surface area contributed by atoms with Crippen molar-refractivity contribution < 1.29 is 14.6 Å². The van der Waals surface area contributed by atoms with Gasteiger partial charge in [0, 0.05) is 12.6 Å². The van der Waals surface area contributed by atoms with Crippen molar-refractivity contribution in [2.24, 2.45) is 5.73 Å². The van der Waals surface area contributed by atoms with E-state index < -0.39 is 6.10 Å². The van der Waals surface area contributed by atoms with Gasteiger partial charge in [-0.2, -0.15) is 0 Å². The minimum absolute atomic E-state index is 0.217. The van der Waals surface area contributed by atoms with Crippen LogP contribution in [0.1, 0.15) is 13.3 Å². The summed E-state index contributed by atoms with van der Waals surface area (Å²) in [5, 5.41) is 9.39. The third-order valence-corrected chi connectivity index (χ3v) is 2.16. The zero-order valence-electron chi connectivity index (χ0n) is 7.77. The lowest BCUT2D eigenvalue weighted by Crippen LogP contribution is -2.52. The fraction of sp³-hybridized carbons (Fsp3) is 0.875. The summed E-state index contributed by atoms with van der Waals surface area (Å²) in [5.41, 5.74) is 5.59. The van der Waals surface area contributed by atoms with E-state index in [4.69, 9.17) is 10.5 Å². The minimum Gasteiger partial charge on any atom is -0.450 e. The molecule has 0 unspecified atom stereocenters. The van der Waals surface area contributed by atoms with Crippen LogP contribution in [-0.4, -0.2) is 47.9 Å². The molecule has 0 bridgehead atoms. The molecule has 0 aliphatic carbocycles. The molecular formula is C8H16N2O3. The fourth-order valence-corrected chi connectivity index (χ4v) is 1.33. The van der Waals surface area contributed by atoms with Gasteiger partial charge in [-0.3, -0.25) is 0 Å². The molecule has 0 aromatic rings. The van der Waals surface area contributed by atoms with E-state index in [1.807, 2.05) is 0 Å². The van der Waals surface area contributed by atoms with Crippen molar-refractivity contribution >= 4 is 6.09 Å². The summed E-state index contributed by atoms with van der Waals surface area (Å²) < 4.78 is 4.80. The third kappa shape index (κ3) is 2.57. The molecule has 1 fully saturated rings. The molecule has 1 aliphatic rings. The molecule has 1 rings (SSSR count). The zero-order chi connectivity index (χ0) is 9.84. The second-order valence-corrected chi connectivity index (χ2v) is 3.16. The Kier molecular flexibility index (Phi) is 3.50. The third-order valence-electron chi connectivity index (χ3n) is 2.16. The van der Waals surface area contributed by atoms with E-state index in [2.05, 4.69) is 0 Å². The summed E-state index contributed by atoms with van der Waals surface area (Å²) in [5.74, 6) is 0. The van der Waals surface area contributed by atoms with Crippen LogP contribution in [0.25, 0.3) is 0 Å². The maximum absolute atomic E-state index is 11.2. The molecule has 0 aromatic heterocycles. The van der Waals surface area contributed by atoms with Gasteiger partial charge in [-0.15, -0.1) is 0 Å². The number of ether oxygens (including phenoxy) is 1.